The van der Waals surface area contributed by atoms with Gasteiger partial charge in [0, 0.05) is 11.9 Å². The quantitative estimate of drug-likeness (QED) is 0.373. The van der Waals surface area contributed by atoms with Crippen LogP contribution in [0.1, 0.15) is 0 Å². The molecule has 1 aliphatic heterocycles. The molecule has 0 saturated heterocycles. The Morgan fingerprint density at radius 2 is 2.80 bits per heavy atom. The lowest BCUT2D eigenvalue weighted by molar-refractivity contribution is 0.837. The van der Waals surface area contributed by atoms with Crippen LogP contribution in [0, 0.1) is 0 Å². The summed E-state index contributed by atoms with van der Waals surface area (Å²) in [7, 11) is 0. The molecule has 2 nitrogen and oxygen atoms in total. The van der Waals surface area contributed by atoms with Crippen LogP contribution in [-0.4, -0.2) is 12.4 Å². The summed E-state index contributed by atoms with van der Waals surface area (Å²) in [6.45, 7) is 0.722. The Balaban J connectivity index is 2.64. The minimum absolute atomic E-state index is 0.722. The SMILES string of the molecule is C1=CC[N]N=1. The fourth-order valence-electron chi connectivity index (χ4n) is 0.204. The molecule has 25 valence electrons. The summed E-state index contributed by atoms with van der Waals surface area (Å²) in [5.41, 5.74) is 3.54. The second kappa shape index (κ2) is 0.911. The number of hydrogen-bond donors (Lipinski definition) is 0. The van der Waals surface area contributed by atoms with Crippen LogP contribution in [0.4, 0.5) is 0 Å². The van der Waals surface area contributed by atoms with Crippen LogP contribution in [0.2, 0.25) is 0 Å². The third-order valence-electron chi connectivity index (χ3n) is 0.393. The summed E-state index contributed by atoms with van der Waals surface area (Å²) in [6.07, 6.45) is 1.78. The van der Waals surface area contributed by atoms with Gasteiger partial charge in [-0.3, -0.25) is 0 Å². The van der Waals surface area contributed by atoms with Crippen molar-refractivity contribution >= 4 is 5.87 Å². The Hall–Kier alpha value is -0.750. The first kappa shape index (κ1) is 2.49. The highest BCUT2D eigenvalue weighted by Crippen LogP contribution is 1.68. The van der Waals surface area contributed by atoms with Crippen molar-refractivity contribution in [1.82, 2.24) is 5.43 Å². The maximum absolute atomic E-state index is 3.54. The van der Waals surface area contributed by atoms with Gasteiger partial charge in [0.05, 0.1) is 6.54 Å². The van der Waals surface area contributed by atoms with E-state index in [4.69, 9.17) is 0 Å². The number of nitrogens with zero attached hydrogens (tertiary/aromatic N) is 2. The lowest BCUT2D eigenvalue weighted by Crippen LogP contribution is -1.85. The highest BCUT2D eigenvalue weighted by molar-refractivity contribution is 5.53. The molecule has 0 spiro atoms. The van der Waals surface area contributed by atoms with Crippen LogP contribution in [0.25, 0.3) is 0 Å². The molecule has 1 radical (unpaired) electrons. The van der Waals surface area contributed by atoms with E-state index in [0.29, 0.717) is 0 Å². The highest BCUT2D eigenvalue weighted by atomic mass is 15.3. The van der Waals surface area contributed by atoms with Crippen LogP contribution in [0.3, 0.4) is 0 Å². The number of hydrogen-bond acceptors (Lipinski definition) is 1. The van der Waals surface area contributed by atoms with Crippen molar-refractivity contribution in [1.29, 1.82) is 0 Å². The molecule has 0 unspecified atom stereocenters. The molecule has 5 heavy (non-hydrogen) atoms. The molecule has 0 fully saturated rings. The van der Waals surface area contributed by atoms with Crippen LogP contribution < -0.4 is 5.43 Å². The van der Waals surface area contributed by atoms with E-state index in [-0.39, 0.29) is 0 Å². The van der Waals surface area contributed by atoms with Crippen LogP contribution >= 0.6 is 0 Å². The maximum atomic E-state index is 3.54. The first-order chi connectivity index (χ1) is 2.50. The van der Waals surface area contributed by atoms with Crippen LogP contribution in [0.5, 0.6) is 0 Å². The van der Waals surface area contributed by atoms with E-state index in [1.165, 1.54) is 0 Å². The molecule has 0 aromatic rings. The van der Waals surface area contributed by atoms with Gasteiger partial charge in [-0.15, -0.1) is 5.10 Å². The predicted octanol–water partition coefficient (Wildman–Crippen LogP) is -0.255. The topological polar surface area (TPSA) is 26.5 Å². The molecular formula is C3H3N2. The van der Waals surface area contributed by atoms with Gasteiger partial charge >= 0.3 is 0 Å². The van der Waals surface area contributed by atoms with Gasteiger partial charge in [-0.25, -0.2) is 0 Å². The van der Waals surface area contributed by atoms with E-state index >= 15 is 0 Å². The van der Waals surface area contributed by atoms with E-state index in [0.717, 1.165) is 6.54 Å². The van der Waals surface area contributed by atoms with Crippen LogP contribution in [0.15, 0.2) is 11.2 Å². The van der Waals surface area contributed by atoms with Crippen molar-refractivity contribution in [3.8, 4) is 0 Å². The maximum Gasteiger partial charge on any atom is 0.0881 e. The highest BCUT2D eigenvalue weighted by Gasteiger charge is 1.77. The Morgan fingerprint density at radius 3 is 3.00 bits per heavy atom. The van der Waals surface area contributed by atoms with E-state index in [2.05, 4.69) is 16.4 Å². The second-order valence-corrected chi connectivity index (χ2v) is 0.757. The first-order valence-corrected chi connectivity index (χ1v) is 1.44. The molecule has 0 aliphatic carbocycles. The molecule has 1 rings (SSSR count). The van der Waals surface area contributed by atoms with Crippen molar-refractivity contribution in [3.63, 3.8) is 0 Å². The molecule has 0 amide bonds. The lowest BCUT2D eigenvalue weighted by Gasteiger charge is -1.68. The fraction of sp³-hybridized carbons (Fsp3) is 0.333. The molecule has 0 atom stereocenters. The normalized spacial score (nSPS) is 16.0. The lowest BCUT2D eigenvalue weighted by atomic mass is 10.7. The molecule has 0 saturated carbocycles. The Morgan fingerprint density at radius 1 is 1.80 bits per heavy atom. The summed E-state index contributed by atoms with van der Waals surface area (Å²) >= 11 is 0. The molecular weight excluding hydrogens is 64.0 g/mol. The van der Waals surface area contributed by atoms with Crippen molar-refractivity contribution in [2.24, 2.45) is 5.10 Å². The minimum Gasteiger partial charge on any atom is -0.176 e. The van der Waals surface area contributed by atoms with Crippen molar-refractivity contribution in [2.75, 3.05) is 6.54 Å². The molecule has 0 bridgehead atoms. The minimum atomic E-state index is 0.722. The molecule has 2 heteroatoms. The van der Waals surface area contributed by atoms with Gasteiger partial charge in [0.1, 0.15) is 0 Å². The summed E-state index contributed by atoms with van der Waals surface area (Å²) in [5.74, 6) is 2.56. The average molecular weight is 67.1 g/mol. The Bertz CT molecular complexity index is 70.9. The molecule has 0 aromatic carbocycles. The second-order valence-electron chi connectivity index (χ2n) is 0.757. The van der Waals surface area contributed by atoms with E-state index in [1.54, 1.807) is 6.08 Å². The van der Waals surface area contributed by atoms with Gasteiger partial charge in [-0.2, -0.15) is 5.43 Å². The van der Waals surface area contributed by atoms with Crippen molar-refractivity contribution < 1.29 is 0 Å². The van der Waals surface area contributed by atoms with Crippen molar-refractivity contribution in [3.05, 3.63) is 6.08 Å². The zero-order valence-corrected chi connectivity index (χ0v) is 2.68. The van der Waals surface area contributed by atoms with E-state index in [1.807, 2.05) is 0 Å². The summed E-state index contributed by atoms with van der Waals surface area (Å²) in [5, 5.41) is 3.40. The summed E-state index contributed by atoms with van der Waals surface area (Å²) in [4.78, 5) is 0. The van der Waals surface area contributed by atoms with Crippen molar-refractivity contribution in [2.45, 2.75) is 0 Å². The smallest absolute Gasteiger partial charge is 0.0881 e. The third-order valence-corrected chi connectivity index (χ3v) is 0.393. The predicted molar refractivity (Wildman–Crippen MR) is 19.0 cm³/mol. The molecule has 0 N–H and O–H groups in total. The van der Waals surface area contributed by atoms with Gasteiger partial charge in [0.15, 0.2) is 0 Å². The van der Waals surface area contributed by atoms with Crippen LogP contribution in [-0.2, 0) is 0 Å². The largest absolute Gasteiger partial charge is 0.176 e. The monoisotopic (exact) mass is 67.0 g/mol. The summed E-state index contributed by atoms with van der Waals surface area (Å²) in [6, 6.07) is 0. The van der Waals surface area contributed by atoms with Gasteiger partial charge in [-0.1, -0.05) is 0 Å². The van der Waals surface area contributed by atoms with Gasteiger partial charge in [0.2, 0.25) is 0 Å². The van der Waals surface area contributed by atoms with Gasteiger partial charge in [-0.05, 0) is 0 Å². The van der Waals surface area contributed by atoms with Gasteiger partial charge < -0.3 is 0 Å². The van der Waals surface area contributed by atoms with E-state index < -0.39 is 0 Å². The zero-order chi connectivity index (χ0) is 3.54. The third kappa shape index (κ3) is 0.281. The fourth-order valence-corrected chi connectivity index (χ4v) is 0.204. The number of rotatable bonds is 0. The first-order valence-electron chi connectivity index (χ1n) is 1.44. The summed E-state index contributed by atoms with van der Waals surface area (Å²) < 4.78 is 0. The Kier molecular flexibility index (Phi) is 0.453. The molecule has 0 aromatic heterocycles. The molecule has 1 aliphatic rings. The molecule has 1 heterocycles. The Labute approximate surface area is 30.2 Å². The zero-order valence-electron chi connectivity index (χ0n) is 2.68. The van der Waals surface area contributed by atoms with Gasteiger partial charge in [0.25, 0.3) is 0 Å². The van der Waals surface area contributed by atoms with E-state index in [9.17, 15) is 0 Å². The standard InChI is InChI=1S/C3H3N2/c1-2-4-5-3-1/h1H,2H2. The average Bonchev–Trinajstić information content (AvgIpc) is 1.76.